The maximum Gasteiger partial charge on any atom is 0.165 e. The summed E-state index contributed by atoms with van der Waals surface area (Å²) in [5, 5.41) is 16.1. The van der Waals surface area contributed by atoms with Gasteiger partial charge in [0, 0.05) is 44.5 Å². The zero-order chi connectivity index (χ0) is 18.0. The molecule has 0 aliphatic carbocycles. The van der Waals surface area contributed by atoms with E-state index in [1.54, 1.807) is 4.68 Å². The molecular formula is C16H27FN8. The Balaban J connectivity index is 1.60. The molecule has 0 saturated carbocycles. The van der Waals surface area contributed by atoms with Crippen molar-refractivity contribution in [1.82, 2.24) is 39.8 Å². The molecule has 2 aromatic rings. The summed E-state index contributed by atoms with van der Waals surface area (Å²) in [6.07, 6.45) is 3.64. The monoisotopic (exact) mass is 350 g/mol. The first kappa shape index (κ1) is 17.9. The highest BCUT2D eigenvalue weighted by molar-refractivity contribution is 5.05. The Morgan fingerprint density at radius 3 is 2.88 bits per heavy atom. The van der Waals surface area contributed by atoms with Crippen molar-refractivity contribution in [2.45, 2.75) is 51.6 Å². The minimum atomic E-state index is -0.768. The lowest BCUT2D eigenvalue weighted by molar-refractivity contribution is 0.177. The molecule has 25 heavy (non-hydrogen) atoms. The fourth-order valence-corrected chi connectivity index (χ4v) is 3.48. The van der Waals surface area contributed by atoms with Gasteiger partial charge in [0.25, 0.3) is 0 Å². The molecule has 1 fully saturated rings. The summed E-state index contributed by atoms with van der Waals surface area (Å²) in [6.45, 7) is 6.76. The number of hydrogen-bond acceptors (Lipinski definition) is 6. The van der Waals surface area contributed by atoms with E-state index in [9.17, 15) is 4.39 Å². The van der Waals surface area contributed by atoms with Gasteiger partial charge in [-0.15, -0.1) is 5.10 Å². The van der Waals surface area contributed by atoms with E-state index in [0.29, 0.717) is 19.5 Å². The number of aromatic nitrogens is 6. The van der Waals surface area contributed by atoms with E-state index >= 15 is 0 Å². The number of hydrogen-bond donors (Lipinski definition) is 0. The number of halogens is 1. The Hall–Kier alpha value is -1.87. The molecule has 0 aromatic carbocycles. The maximum absolute atomic E-state index is 14.0. The van der Waals surface area contributed by atoms with Gasteiger partial charge in [0.2, 0.25) is 0 Å². The van der Waals surface area contributed by atoms with Crippen LogP contribution in [0.5, 0.6) is 0 Å². The molecule has 2 aromatic heterocycles. The first-order valence-electron chi connectivity index (χ1n) is 8.73. The van der Waals surface area contributed by atoms with E-state index in [2.05, 4.69) is 44.3 Å². The molecule has 8 nitrogen and oxygen atoms in total. The summed E-state index contributed by atoms with van der Waals surface area (Å²) in [7, 11) is 3.93. The second kappa shape index (κ2) is 7.57. The topological polar surface area (TPSA) is 67.9 Å². The number of alkyl halides is 1. The molecule has 0 N–H and O–H groups in total. The fourth-order valence-electron chi connectivity index (χ4n) is 3.48. The Kier molecular flexibility index (Phi) is 5.43. The van der Waals surface area contributed by atoms with Gasteiger partial charge in [0.15, 0.2) is 5.82 Å². The first-order valence-corrected chi connectivity index (χ1v) is 8.73. The van der Waals surface area contributed by atoms with Gasteiger partial charge >= 0.3 is 0 Å². The molecule has 138 valence electrons. The van der Waals surface area contributed by atoms with Crippen molar-refractivity contribution in [3.63, 3.8) is 0 Å². The van der Waals surface area contributed by atoms with Crippen molar-refractivity contribution in [3.05, 3.63) is 23.8 Å². The second-order valence-electron chi connectivity index (χ2n) is 7.27. The SMILES string of the molecule is CC(C)n1nnnc1CN(C)C[C@@H]1C[C@H](F)CN1Cc1cnn(C)c1. The summed E-state index contributed by atoms with van der Waals surface area (Å²) >= 11 is 0. The van der Waals surface area contributed by atoms with Crippen molar-refractivity contribution in [2.75, 3.05) is 20.1 Å². The zero-order valence-electron chi connectivity index (χ0n) is 15.4. The molecule has 3 rings (SSSR count). The van der Waals surface area contributed by atoms with Crippen molar-refractivity contribution in [2.24, 2.45) is 7.05 Å². The van der Waals surface area contributed by atoms with Gasteiger partial charge in [-0.05, 0) is 37.7 Å². The molecular weight excluding hydrogens is 323 g/mol. The third kappa shape index (κ3) is 4.40. The van der Waals surface area contributed by atoms with Crippen LogP contribution in [0.25, 0.3) is 0 Å². The third-order valence-electron chi connectivity index (χ3n) is 4.60. The summed E-state index contributed by atoms with van der Waals surface area (Å²) in [6, 6.07) is 0.408. The van der Waals surface area contributed by atoms with Crippen LogP contribution in [0.4, 0.5) is 4.39 Å². The Bertz CT molecular complexity index is 681. The highest BCUT2D eigenvalue weighted by Crippen LogP contribution is 2.23. The Morgan fingerprint density at radius 2 is 2.20 bits per heavy atom. The van der Waals surface area contributed by atoms with E-state index in [4.69, 9.17) is 0 Å². The predicted octanol–water partition coefficient (Wildman–Crippen LogP) is 1.03. The summed E-state index contributed by atoms with van der Waals surface area (Å²) in [5.41, 5.74) is 1.12. The lowest BCUT2D eigenvalue weighted by Gasteiger charge is -2.27. The number of aryl methyl sites for hydroxylation is 1. The summed E-state index contributed by atoms with van der Waals surface area (Å²) < 4.78 is 17.6. The van der Waals surface area contributed by atoms with Gasteiger partial charge in [-0.25, -0.2) is 9.07 Å². The van der Waals surface area contributed by atoms with Crippen LogP contribution in [0.3, 0.4) is 0 Å². The fraction of sp³-hybridized carbons (Fsp3) is 0.750. The van der Waals surface area contributed by atoms with Crippen molar-refractivity contribution in [3.8, 4) is 0 Å². The van der Waals surface area contributed by atoms with Crippen molar-refractivity contribution in [1.29, 1.82) is 0 Å². The quantitative estimate of drug-likeness (QED) is 0.743. The van der Waals surface area contributed by atoms with Crippen molar-refractivity contribution >= 4 is 0 Å². The summed E-state index contributed by atoms with van der Waals surface area (Å²) in [5.74, 6) is 0.839. The molecule has 2 atom stereocenters. The van der Waals surface area contributed by atoms with Crippen LogP contribution in [-0.4, -0.2) is 72.1 Å². The normalized spacial score (nSPS) is 21.7. The average Bonchev–Trinajstić information content (AvgIpc) is 3.22. The second-order valence-corrected chi connectivity index (χ2v) is 7.27. The summed E-state index contributed by atoms with van der Waals surface area (Å²) in [4.78, 5) is 4.38. The molecule has 0 bridgehead atoms. The molecule has 0 unspecified atom stereocenters. The zero-order valence-corrected chi connectivity index (χ0v) is 15.4. The van der Waals surface area contributed by atoms with E-state index in [0.717, 1.165) is 24.5 Å². The lowest BCUT2D eigenvalue weighted by Crippen LogP contribution is -2.38. The number of likely N-dealkylation sites (tertiary alicyclic amines) is 1. The van der Waals surface area contributed by atoms with Crippen molar-refractivity contribution < 1.29 is 4.39 Å². The average molecular weight is 350 g/mol. The van der Waals surface area contributed by atoms with E-state index in [-0.39, 0.29) is 12.1 Å². The van der Waals surface area contributed by atoms with Crippen LogP contribution < -0.4 is 0 Å². The maximum atomic E-state index is 14.0. The van der Waals surface area contributed by atoms with E-state index < -0.39 is 6.17 Å². The standard InChI is InChI=1S/C16H27FN8/c1-12(2)25-16(19-20-21-25)11-22(3)10-15-5-14(17)9-24(15)8-13-6-18-23(4)7-13/h6-7,12,14-15H,5,8-11H2,1-4H3/t14-,15-/m0/s1. The van der Waals surface area contributed by atoms with Gasteiger partial charge in [0.05, 0.1) is 18.8 Å². The Morgan fingerprint density at radius 1 is 1.40 bits per heavy atom. The van der Waals surface area contributed by atoms with Gasteiger partial charge in [-0.2, -0.15) is 5.10 Å². The molecule has 1 aliphatic rings. The third-order valence-corrected chi connectivity index (χ3v) is 4.60. The van der Waals surface area contributed by atoms with Gasteiger partial charge < -0.3 is 0 Å². The molecule has 0 radical (unpaired) electrons. The number of nitrogens with zero attached hydrogens (tertiary/aromatic N) is 8. The van der Waals surface area contributed by atoms with Crippen LogP contribution in [-0.2, 0) is 20.1 Å². The molecule has 0 spiro atoms. The number of rotatable bonds is 7. The highest BCUT2D eigenvalue weighted by Gasteiger charge is 2.33. The van der Waals surface area contributed by atoms with Gasteiger partial charge in [0.1, 0.15) is 6.17 Å². The minimum absolute atomic E-state index is 0.184. The van der Waals surface area contributed by atoms with Crippen LogP contribution in [0.15, 0.2) is 12.4 Å². The molecule has 0 amide bonds. The minimum Gasteiger partial charge on any atom is -0.297 e. The van der Waals surface area contributed by atoms with Crippen LogP contribution in [0.1, 0.15) is 37.7 Å². The van der Waals surface area contributed by atoms with E-state index in [1.165, 1.54) is 0 Å². The largest absolute Gasteiger partial charge is 0.297 e. The molecule has 9 heteroatoms. The lowest BCUT2D eigenvalue weighted by atomic mass is 10.2. The predicted molar refractivity (Wildman–Crippen MR) is 91.5 cm³/mol. The Labute approximate surface area is 147 Å². The van der Waals surface area contributed by atoms with Gasteiger partial charge in [-0.3, -0.25) is 14.5 Å². The molecule has 3 heterocycles. The molecule has 1 aliphatic heterocycles. The van der Waals surface area contributed by atoms with Crippen LogP contribution in [0.2, 0.25) is 0 Å². The first-order chi connectivity index (χ1) is 11.9. The molecule has 1 saturated heterocycles. The highest BCUT2D eigenvalue weighted by atomic mass is 19.1. The number of likely N-dealkylation sites (N-methyl/N-ethyl adjacent to an activating group) is 1. The van der Waals surface area contributed by atoms with Gasteiger partial charge in [-0.1, -0.05) is 0 Å². The van der Waals surface area contributed by atoms with Crippen LogP contribution in [0, 0.1) is 0 Å². The number of tetrazole rings is 1. The smallest absolute Gasteiger partial charge is 0.165 e. The van der Waals surface area contributed by atoms with Crippen LogP contribution >= 0.6 is 0 Å². The van der Waals surface area contributed by atoms with E-state index in [1.807, 2.05) is 31.2 Å².